The molecule has 6 nitrogen and oxygen atoms in total. The van der Waals surface area contributed by atoms with Crippen LogP contribution in [0, 0.1) is 11.8 Å². The fraction of sp³-hybridized carbons (Fsp3) is 0.333. The van der Waals surface area contributed by atoms with Gasteiger partial charge in [-0.05, 0) is 49.2 Å². The van der Waals surface area contributed by atoms with Crippen molar-refractivity contribution in [3.63, 3.8) is 0 Å². The number of rotatable bonds is 4. The molecule has 2 atom stereocenters. The van der Waals surface area contributed by atoms with Crippen molar-refractivity contribution >= 4 is 57.5 Å². The zero-order chi connectivity index (χ0) is 18.5. The summed E-state index contributed by atoms with van der Waals surface area (Å²) in [4.78, 5) is 11.2. The van der Waals surface area contributed by atoms with E-state index in [2.05, 4.69) is 26.3 Å². The van der Waals surface area contributed by atoms with Gasteiger partial charge in [-0.3, -0.25) is 4.90 Å². The van der Waals surface area contributed by atoms with E-state index in [1.54, 1.807) is 6.20 Å². The SMILES string of the molecule is Cl.Cl.c1cnc2nc(Oc3ccc4c(CN5CC6CNCC6C5)coc4c3)sc2c1. The van der Waals surface area contributed by atoms with Crippen molar-refractivity contribution in [2.75, 3.05) is 26.2 Å². The minimum Gasteiger partial charge on any atom is -0.464 e. The molecule has 2 unspecified atom stereocenters. The molecule has 0 amide bonds. The number of nitrogens with zero attached hydrogens (tertiary/aromatic N) is 3. The van der Waals surface area contributed by atoms with E-state index in [9.17, 15) is 0 Å². The van der Waals surface area contributed by atoms with Crippen LogP contribution in [0.5, 0.6) is 10.9 Å². The molecule has 5 heterocycles. The zero-order valence-electron chi connectivity index (χ0n) is 16.1. The van der Waals surface area contributed by atoms with Gasteiger partial charge in [0.2, 0.25) is 0 Å². The van der Waals surface area contributed by atoms with E-state index in [-0.39, 0.29) is 24.8 Å². The highest BCUT2D eigenvalue weighted by Gasteiger charge is 2.36. The van der Waals surface area contributed by atoms with Crippen LogP contribution < -0.4 is 10.1 Å². The van der Waals surface area contributed by atoms with Crippen LogP contribution in [0.2, 0.25) is 0 Å². The molecule has 2 saturated heterocycles. The lowest BCUT2D eigenvalue weighted by Gasteiger charge is -2.15. The largest absolute Gasteiger partial charge is 0.464 e. The van der Waals surface area contributed by atoms with Crippen molar-refractivity contribution in [2.24, 2.45) is 11.8 Å². The van der Waals surface area contributed by atoms with Gasteiger partial charge in [0.25, 0.3) is 5.19 Å². The van der Waals surface area contributed by atoms with Gasteiger partial charge in [0.1, 0.15) is 11.3 Å². The van der Waals surface area contributed by atoms with E-state index in [1.165, 1.54) is 30.0 Å². The van der Waals surface area contributed by atoms with Gasteiger partial charge in [0.05, 0.1) is 11.0 Å². The fourth-order valence-electron chi connectivity index (χ4n) is 4.47. The molecule has 0 bridgehead atoms. The second-order valence-electron chi connectivity index (χ2n) is 7.70. The third-order valence-corrected chi connectivity index (χ3v) is 6.72. The average Bonchev–Trinajstić information content (AvgIpc) is 3.44. The first kappa shape index (κ1) is 21.3. The third-order valence-electron chi connectivity index (χ3n) is 5.84. The number of pyridine rings is 1. The van der Waals surface area contributed by atoms with Crippen molar-refractivity contribution in [3.8, 4) is 10.9 Å². The van der Waals surface area contributed by atoms with Crippen LogP contribution in [0.4, 0.5) is 0 Å². The Morgan fingerprint density at radius 1 is 1.17 bits per heavy atom. The van der Waals surface area contributed by atoms with E-state index in [0.717, 1.165) is 58.5 Å². The first-order valence-corrected chi connectivity index (χ1v) is 10.5. The number of furan rings is 1. The topological polar surface area (TPSA) is 63.4 Å². The van der Waals surface area contributed by atoms with Gasteiger partial charge in [-0.1, -0.05) is 11.3 Å². The van der Waals surface area contributed by atoms with Crippen molar-refractivity contribution in [1.29, 1.82) is 0 Å². The van der Waals surface area contributed by atoms with Crippen molar-refractivity contribution in [1.82, 2.24) is 20.2 Å². The Bertz CT molecular complexity index is 1120. The van der Waals surface area contributed by atoms with Crippen LogP contribution in [-0.4, -0.2) is 41.0 Å². The number of ether oxygens (including phenoxy) is 1. The normalized spacial score (nSPS) is 20.8. The summed E-state index contributed by atoms with van der Waals surface area (Å²) in [6, 6.07) is 9.93. The lowest BCUT2D eigenvalue weighted by Crippen LogP contribution is -2.25. The standard InChI is InChI=1S/C21H20N4O2S.2ClH/c1-2-19-20(23-5-1)24-21(28-19)27-16-3-4-17-15(12-26-18(17)6-16)11-25-9-13-7-22-8-14(13)10-25;;/h1-6,12-14,22H,7-11H2;2*1H. The molecule has 0 saturated carbocycles. The number of aromatic nitrogens is 2. The third kappa shape index (κ3) is 3.88. The molecule has 3 aromatic heterocycles. The van der Waals surface area contributed by atoms with Gasteiger partial charge in [-0.25, -0.2) is 4.98 Å². The Labute approximate surface area is 190 Å². The summed E-state index contributed by atoms with van der Waals surface area (Å²) in [5.74, 6) is 2.34. The highest BCUT2D eigenvalue weighted by atomic mass is 35.5. The number of benzene rings is 1. The van der Waals surface area contributed by atoms with E-state index in [1.807, 2.05) is 30.5 Å². The number of hydrogen-bond donors (Lipinski definition) is 1. The van der Waals surface area contributed by atoms with Crippen LogP contribution in [0.3, 0.4) is 0 Å². The Morgan fingerprint density at radius 3 is 2.80 bits per heavy atom. The summed E-state index contributed by atoms with van der Waals surface area (Å²) in [6.07, 6.45) is 3.63. The average molecular weight is 465 g/mol. The molecule has 0 aliphatic carbocycles. The Hall–Kier alpha value is -1.90. The minimum absolute atomic E-state index is 0. The number of likely N-dealkylation sites (tertiary alicyclic amines) is 1. The number of thiazole rings is 1. The maximum Gasteiger partial charge on any atom is 0.281 e. The molecule has 2 aliphatic rings. The molecule has 30 heavy (non-hydrogen) atoms. The summed E-state index contributed by atoms with van der Waals surface area (Å²) < 4.78 is 12.8. The number of nitrogens with one attached hydrogen (secondary N) is 1. The number of halogens is 2. The molecule has 0 radical (unpaired) electrons. The van der Waals surface area contributed by atoms with Crippen LogP contribution in [0.25, 0.3) is 21.3 Å². The van der Waals surface area contributed by atoms with E-state index in [4.69, 9.17) is 9.15 Å². The quantitative estimate of drug-likeness (QED) is 0.471. The van der Waals surface area contributed by atoms with Crippen molar-refractivity contribution in [3.05, 3.63) is 48.4 Å². The predicted octanol–water partition coefficient (Wildman–Crippen LogP) is 4.72. The summed E-state index contributed by atoms with van der Waals surface area (Å²) in [7, 11) is 0. The number of fused-ring (bicyclic) bond motifs is 3. The smallest absolute Gasteiger partial charge is 0.281 e. The van der Waals surface area contributed by atoms with Gasteiger partial charge < -0.3 is 14.5 Å². The summed E-state index contributed by atoms with van der Waals surface area (Å²) in [5, 5.41) is 5.26. The molecule has 2 aliphatic heterocycles. The molecule has 4 aromatic rings. The second kappa shape index (κ2) is 8.69. The molecule has 2 fully saturated rings. The zero-order valence-corrected chi connectivity index (χ0v) is 18.6. The van der Waals surface area contributed by atoms with Gasteiger partial charge in [0.15, 0.2) is 5.65 Å². The molecular weight excluding hydrogens is 443 g/mol. The predicted molar refractivity (Wildman–Crippen MR) is 123 cm³/mol. The summed E-state index contributed by atoms with van der Waals surface area (Å²) in [6.45, 7) is 5.63. The molecule has 9 heteroatoms. The minimum atomic E-state index is 0. The molecule has 0 spiro atoms. The molecule has 6 rings (SSSR count). The second-order valence-corrected chi connectivity index (χ2v) is 8.69. The maximum atomic E-state index is 5.95. The number of hydrogen-bond acceptors (Lipinski definition) is 7. The van der Waals surface area contributed by atoms with Gasteiger partial charge in [-0.15, -0.1) is 24.8 Å². The highest BCUT2D eigenvalue weighted by molar-refractivity contribution is 7.20. The van der Waals surface area contributed by atoms with Gasteiger partial charge in [-0.2, -0.15) is 4.98 Å². The van der Waals surface area contributed by atoms with E-state index >= 15 is 0 Å². The van der Waals surface area contributed by atoms with Gasteiger partial charge in [0, 0.05) is 42.8 Å². The summed E-state index contributed by atoms with van der Waals surface area (Å²) in [5.41, 5.74) is 2.82. The van der Waals surface area contributed by atoms with Crippen molar-refractivity contribution in [2.45, 2.75) is 6.54 Å². The Balaban J connectivity index is 0.00000109. The van der Waals surface area contributed by atoms with E-state index in [0.29, 0.717) is 5.19 Å². The molecular formula is C21H22Cl2N4O2S. The maximum absolute atomic E-state index is 5.95. The van der Waals surface area contributed by atoms with Crippen LogP contribution in [0.1, 0.15) is 5.56 Å². The van der Waals surface area contributed by atoms with Gasteiger partial charge >= 0.3 is 0 Å². The highest BCUT2D eigenvalue weighted by Crippen LogP contribution is 2.34. The van der Waals surface area contributed by atoms with Crippen LogP contribution >= 0.6 is 36.2 Å². The molecule has 158 valence electrons. The first-order valence-electron chi connectivity index (χ1n) is 9.64. The molecule has 1 aromatic carbocycles. The van der Waals surface area contributed by atoms with Crippen LogP contribution in [-0.2, 0) is 6.54 Å². The fourth-order valence-corrected chi connectivity index (χ4v) is 5.26. The lowest BCUT2D eigenvalue weighted by molar-refractivity contribution is 0.305. The van der Waals surface area contributed by atoms with E-state index < -0.39 is 0 Å². The van der Waals surface area contributed by atoms with Crippen molar-refractivity contribution < 1.29 is 9.15 Å². The molecule has 1 N–H and O–H groups in total. The van der Waals surface area contributed by atoms with Crippen LogP contribution in [0.15, 0.2) is 47.2 Å². The lowest BCUT2D eigenvalue weighted by atomic mass is 10.0. The first-order chi connectivity index (χ1) is 13.8. The monoisotopic (exact) mass is 464 g/mol. The Morgan fingerprint density at radius 2 is 2.00 bits per heavy atom. The summed E-state index contributed by atoms with van der Waals surface area (Å²) >= 11 is 1.49. The Kier molecular flexibility index (Phi) is 6.18.